The van der Waals surface area contributed by atoms with Gasteiger partial charge in [0.2, 0.25) is 0 Å². The third kappa shape index (κ3) is 12.7. The molecule has 3 heterocycles. The Hall–Kier alpha value is -0.240. The van der Waals surface area contributed by atoms with E-state index < -0.39 is 0 Å². The maximum atomic E-state index is 3.97. The van der Waals surface area contributed by atoms with E-state index in [-0.39, 0.29) is 0 Å². The first-order chi connectivity index (χ1) is 39.1. The molecule has 0 aromatic heterocycles. The fourth-order valence-electron chi connectivity index (χ4n) is 25.2. The van der Waals surface area contributed by atoms with Gasteiger partial charge in [0.1, 0.15) is 0 Å². The maximum absolute atomic E-state index is 3.97. The van der Waals surface area contributed by atoms with E-state index in [1.807, 2.05) is 0 Å². The second-order valence-corrected chi connectivity index (χ2v) is 32.7. The molecule has 448 valence electrons. The zero-order chi connectivity index (χ0) is 52.5. The van der Waals surface area contributed by atoms with Crippen molar-refractivity contribution in [1.82, 2.24) is 30.9 Å². The Morgan fingerprint density at radius 1 is 0.241 bits per heavy atom. The molecule has 14 fully saturated rings. The normalized spacial score (nSPS) is 46.2. The summed E-state index contributed by atoms with van der Waals surface area (Å²) < 4.78 is 0. The minimum Gasteiger partial charge on any atom is -0.312 e. The molecule has 9 unspecified atom stereocenters. The van der Waals surface area contributed by atoms with E-state index in [9.17, 15) is 0 Å². The molecule has 3 aliphatic heterocycles. The summed E-state index contributed by atoms with van der Waals surface area (Å²) in [5.41, 5.74) is 6.87. The number of hydrogen-bond donors (Lipinski definition) is 3. The molecular formula is C73H126N6. The highest BCUT2D eigenvalue weighted by atomic mass is 15.4. The van der Waals surface area contributed by atoms with E-state index >= 15 is 0 Å². The number of piperidine rings is 1. The highest BCUT2D eigenvalue weighted by molar-refractivity contribution is 5.09. The molecule has 79 heavy (non-hydrogen) atoms. The van der Waals surface area contributed by atoms with Crippen molar-refractivity contribution < 1.29 is 0 Å². The van der Waals surface area contributed by atoms with Gasteiger partial charge in [-0.15, -0.1) is 0 Å². The summed E-state index contributed by atoms with van der Waals surface area (Å²) in [7, 11) is 0. The number of nitrogens with one attached hydrogen (secondary N) is 3. The van der Waals surface area contributed by atoms with Crippen LogP contribution in [0.3, 0.4) is 0 Å². The maximum Gasteiger partial charge on any atom is 0.0257 e. The predicted octanol–water partition coefficient (Wildman–Crippen LogP) is 16.8. The first-order valence-electron chi connectivity index (χ1n) is 37.7. The molecule has 11 aliphatic carbocycles. The van der Waals surface area contributed by atoms with Crippen molar-refractivity contribution in [3.05, 3.63) is 0 Å². The van der Waals surface area contributed by atoms with Gasteiger partial charge in [0.25, 0.3) is 0 Å². The van der Waals surface area contributed by atoms with Crippen molar-refractivity contribution in [1.29, 1.82) is 0 Å². The van der Waals surface area contributed by atoms with Gasteiger partial charge in [0, 0.05) is 73.5 Å². The molecule has 0 radical (unpaired) electrons. The van der Waals surface area contributed by atoms with Gasteiger partial charge in [-0.25, -0.2) is 0 Å². The molecule has 0 amide bonds. The lowest BCUT2D eigenvalue weighted by molar-refractivity contribution is -0.00705. The number of hydrogen-bond acceptors (Lipinski definition) is 6. The van der Waals surface area contributed by atoms with E-state index in [0.29, 0.717) is 6.04 Å². The SMILES string of the molecule is C1CCC(N(C2CCCCC2)C2CCC(C3CCC4C(C3)C3CC(C5CCC(N(C6CCCCC6)C6CCC(C7CCC(C8CCC(C9CNC%10CNNCC%10C9)CC8)CC7)CC6)CC5)CCC3N4C3CCCCC3)CC2)CC1. The molecule has 0 bridgehead atoms. The summed E-state index contributed by atoms with van der Waals surface area (Å²) in [6.45, 7) is 3.55. The molecule has 6 heteroatoms. The standard InChI is InChI=1S/C73H126N6/c1-5-13-62(14-6-1)77(63-15-7-2-8-16-63)66-39-31-55(32-40-66)58-35-43-72-69(46-58)70-47-59(36-44-73(70)79(72)65-19-11-4-12-20-65)56-33-41-68(42-34-56)78(64-17-9-3-10-18-64)67-37-29-54(30-38-67)53-23-21-51(22-24-53)52-25-27-57(28-26-52)60-45-61-49-75-76-50-71(61)74-48-60/h51-76H,1-50H2. The van der Waals surface area contributed by atoms with E-state index in [2.05, 4.69) is 30.9 Å². The van der Waals surface area contributed by atoms with Gasteiger partial charge in [-0.2, -0.15) is 0 Å². The van der Waals surface area contributed by atoms with Gasteiger partial charge < -0.3 is 5.32 Å². The summed E-state index contributed by atoms with van der Waals surface area (Å²) in [6.07, 6.45) is 72.6. The summed E-state index contributed by atoms with van der Waals surface area (Å²) >= 11 is 0. The van der Waals surface area contributed by atoms with E-state index in [4.69, 9.17) is 0 Å². The van der Waals surface area contributed by atoms with Crippen molar-refractivity contribution in [2.45, 2.75) is 362 Å². The van der Waals surface area contributed by atoms with Crippen molar-refractivity contribution in [3.63, 3.8) is 0 Å². The van der Waals surface area contributed by atoms with Crippen molar-refractivity contribution in [2.24, 2.45) is 76.9 Å². The van der Waals surface area contributed by atoms with Crippen molar-refractivity contribution in [3.8, 4) is 0 Å². The lowest BCUT2D eigenvalue weighted by atomic mass is 9.62. The zero-order valence-electron chi connectivity index (χ0n) is 51.5. The minimum absolute atomic E-state index is 0.704. The van der Waals surface area contributed by atoms with Crippen LogP contribution in [0.15, 0.2) is 0 Å². The Kier molecular flexibility index (Phi) is 19.2. The molecule has 0 aromatic carbocycles. The summed E-state index contributed by atoms with van der Waals surface area (Å²) in [5.74, 6) is 13.2. The molecule has 14 aliphatic rings. The molecule has 14 rings (SSSR count). The molecule has 3 N–H and O–H groups in total. The van der Waals surface area contributed by atoms with Gasteiger partial charge >= 0.3 is 0 Å². The quantitative estimate of drug-likeness (QED) is 0.181. The van der Waals surface area contributed by atoms with E-state index in [1.54, 1.807) is 154 Å². The highest BCUT2D eigenvalue weighted by Crippen LogP contribution is 2.58. The molecule has 3 saturated heterocycles. The average molecular weight is 1090 g/mol. The third-order valence-corrected chi connectivity index (χ3v) is 29.2. The number of hydrazine groups is 1. The fourth-order valence-corrected chi connectivity index (χ4v) is 25.2. The summed E-state index contributed by atoms with van der Waals surface area (Å²) in [5, 5.41) is 3.97. The first-order valence-corrected chi connectivity index (χ1v) is 37.7. The Balaban J connectivity index is 0.566. The first kappa shape index (κ1) is 56.6. The van der Waals surface area contributed by atoms with Crippen LogP contribution in [0.25, 0.3) is 0 Å². The van der Waals surface area contributed by atoms with Gasteiger partial charge in [-0.05, 0) is 308 Å². The van der Waals surface area contributed by atoms with Crippen LogP contribution < -0.4 is 16.2 Å². The Morgan fingerprint density at radius 2 is 0.557 bits per heavy atom. The Morgan fingerprint density at radius 3 is 0.962 bits per heavy atom. The largest absolute Gasteiger partial charge is 0.312 e. The summed E-state index contributed by atoms with van der Waals surface area (Å²) in [6, 6.07) is 9.02. The second kappa shape index (κ2) is 26.8. The Labute approximate surface area is 487 Å². The molecule has 6 nitrogen and oxygen atoms in total. The van der Waals surface area contributed by atoms with Crippen molar-refractivity contribution >= 4 is 0 Å². The lowest BCUT2D eigenvalue weighted by Gasteiger charge is -2.51. The van der Waals surface area contributed by atoms with Crippen LogP contribution in [-0.4, -0.2) is 94.8 Å². The molecule has 0 spiro atoms. The van der Waals surface area contributed by atoms with Gasteiger partial charge in [0.15, 0.2) is 0 Å². The van der Waals surface area contributed by atoms with Crippen LogP contribution in [0.4, 0.5) is 0 Å². The lowest BCUT2D eigenvalue weighted by Crippen LogP contribution is -2.61. The van der Waals surface area contributed by atoms with E-state index in [1.165, 1.54) is 154 Å². The molecular weight excluding hydrogens is 961 g/mol. The van der Waals surface area contributed by atoms with Gasteiger partial charge in [-0.1, -0.05) is 77.0 Å². The van der Waals surface area contributed by atoms with Crippen LogP contribution in [0.1, 0.15) is 302 Å². The molecule has 9 atom stereocenters. The minimum atomic E-state index is 0.704. The predicted molar refractivity (Wildman–Crippen MR) is 330 cm³/mol. The number of fused-ring (bicyclic) bond motifs is 4. The van der Waals surface area contributed by atoms with Crippen LogP contribution >= 0.6 is 0 Å². The third-order valence-electron chi connectivity index (χ3n) is 29.2. The van der Waals surface area contributed by atoms with Crippen LogP contribution in [0.2, 0.25) is 0 Å². The molecule has 11 saturated carbocycles. The molecule has 0 aromatic rings. The van der Waals surface area contributed by atoms with Crippen LogP contribution in [-0.2, 0) is 0 Å². The monoisotopic (exact) mass is 1090 g/mol. The summed E-state index contributed by atoms with van der Waals surface area (Å²) in [4.78, 5) is 9.98. The van der Waals surface area contributed by atoms with Crippen LogP contribution in [0.5, 0.6) is 0 Å². The Bertz CT molecular complexity index is 1790. The van der Waals surface area contributed by atoms with Crippen molar-refractivity contribution in [2.75, 3.05) is 19.6 Å². The smallest absolute Gasteiger partial charge is 0.0257 e. The highest BCUT2D eigenvalue weighted by Gasteiger charge is 2.56. The van der Waals surface area contributed by atoms with E-state index in [0.717, 1.165) is 144 Å². The number of likely N-dealkylation sites (tertiary alicyclic amines) is 1. The second-order valence-electron chi connectivity index (χ2n) is 32.7. The number of rotatable bonds is 12. The topological polar surface area (TPSA) is 45.8 Å². The average Bonchev–Trinajstić information content (AvgIpc) is 3.95. The van der Waals surface area contributed by atoms with Crippen LogP contribution in [0, 0.1) is 76.9 Å². The van der Waals surface area contributed by atoms with Gasteiger partial charge in [0.05, 0.1) is 0 Å². The van der Waals surface area contributed by atoms with Gasteiger partial charge in [-0.3, -0.25) is 25.6 Å². The number of nitrogens with zero attached hydrogens (tertiary/aromatic N) is 3. The zero-order valence-corrected chi connectivity index (χ0v) is 51.5. The fraction of sp³-hybridized carbons (Fsp3) is 1.00.